The second-order valence-corrected chi connectivity index (χ2v) is 8.42. The normalized spacial score (nSPS) is 18.5. The van der Waals surface area contributed by atoms with E-state index in [4.69, 9.17) is 9.47 Å². The molecular formula is C24H23N5O6. The van der Waals surface area contributed by atoms with E-state index in [0.29, 0.717) is 0 Å². The summed E-state index contributed by atoms with van der Waals surface area (Å²) in [5.74, 6) is -2.80. The van der Waals surface area contributed by atoms with Crippen LogP contribution in [0.4, 0.5) is 10.7 Å². The molecular weight excluding hydrogens is 454 g/mol. The Bertz CT molecular complexity index is 1250. The molecule has 11 nitrogen and oxygen atoms in total. The fourth-order valence-corrected chi connectivity index (χ4v) is 4.62. The van der Waals surface area contributed by atoms with E-state index in [1.54, 1.807) is 0 Å². The molecule has 2 amide bonds. The van der Waals surface area contributed by atoms with E-state index in [2.05, 4.69) is 20.5 Å². The summed E-state index contributed by atoms with van der Waals surface area (Å²) < 4.78 is 10.7. The second kappa shape index (κ2) is 9.18. The van der Waals surface area contributed by atoms with Gasteiger partial charge >= 0.3 is 12.1 Å². The van der Waals surface area contributed by atoms with Crippen molar-refractivity contribution < 1.29 is 29.0 Å². The van der Waals surface area contributed by atoms with Crippen molar-refractivity contribution in [1.29, 1.82) is 0 Å². The minimum atomic E-state index is -1.04. The zero-order valence-electron chi connectivity index (χ0n) is 18.8. The van der Waals surface area contributed by atoms with Gasteiger partial charge < -0.3 is 19.5 Å². The number of likely N-dealkylation sites (N-methyl/N-ethyl adjacent to an activating group) is 1. The van der Waals surface area contributed by atoms with Crippen molar-refractivity contribution in [3.8, 4) is 11.1 Å². The van der Waals surface area contributed by atoms with Gasteiger partial charge in [-0.3, -0.25) is 20.0 Å². The number of anilines is 1. The van der Waals surface area contributed by atoms with E-state index in [1.807, 2.05) is 48.5 Å². The minimum absolute atomic E-state index is 0.0304. The number of ether oxygens (including phenoxy) is 2. The summed E-state index contributed by atoms with van der Waals surface area (Å²) in [6, 6.07) is 15.4. The second-order valence-electron chi connectivity index (χ2n) is 8.42. The van der Waals surface area contributed by atoms with Crippen molar-refractivity contribution in [3.63, 3.8) is 0 Å². The highest BCUT2D eigenvalue weighted by Gasteiger charge is 2.39. The predicted octanol–water partition coefficient (Wildman–Crippen LogP) is 2.34. The molecule has 0 bridgehead atoms. The van der Waals surface area contributed by atoms with Crippen molar-refractivity contribution >= 4 is 23.9 Å². The third-order valence-corrected chi connectivity index (χ3v) is 6.43. The van der Waals surface area contributed by atoms with Crippen molar-refractivity contribution in [2.75, 3.05) is 32.2 Å². The number of fused-ring (bicyclic) bond motifs is 3. The van der Waals surface area contributed by atoms with Gasteiger partial charge in [0, 0.05) is 13.0 Å². The number of aromatic nitrogens is 3. The Balaban J connectivity index is 1.21. The first-order chi connectivity index (χ1) is 16.9. The third-order valence-electron chi connectivity index (χ3n) is 6.43. The number of hydrogen-bond acceptors (Lipinski definition) is 7. The van der Waals surface area contributed by atoms with Crippen LogP contribution in [-0.4, -0.2) is 76.1 Å². The Morgan fingerprint density at radius 1 is 1.11 bits per heavy atom. The number of nitrogens with one attached hydrogen (secondary N) is 2. The van der Waals surface area contributed by atoms with Crippen LogP contribution in [0, 0.1) is 5.92 Å². The van der Waals surface area contributed by atoms with Crippen LogP contribution in [0.1, 0.15) is 27.7 Å². The average molecular weight is 477 g/mol. The summed E-state index contributed by atoms with van der Waals surface area (Å²) >= 11 is 0. The molecule has 35 heavy (non-hydrogen) atoms. The molecule has 0 spiro atoms. The number of carboxylic acid groups (broad SMARTS) is 1. The number of amides is 2. The van der Waals surface area contributed by atoms with Gasteiger partial charge in [-0.2, -0.15) is 4.98 Å². The molecule has 2 unspecified atom stereocenters. The molecule has 0 saturated carbocycles. The summed E-state index contributed by atoms with van der Waals surface area (Å²) in [5.41, 5.74) is 4.42. The lowest BCUT2D eigenvalue weighted by Crippen LogP contribution is -2.44. The van der Waals surface area contributed by atoms with Crippen molar-refractivity contribution in [2.24, 2.45) is 5.92 Å². The molecule has 2 aromatic carbocycles. The van der Waals surface area contributed by atoms with Gasteiger partial charge in [0.25, 0.3) is 11.9 Å². The Morgan fingerprint density at radius 3 is 2.43 bits per heavy atom. The van der Waals surface area contributed by atoms with E-state index >= 15 is 0 Å². The molecule has 5 rings (SSSR count). The Kier molecular flexibility index (Phi) is 5.91. The van der Waals surface area contributed by atoms with Gasteiger partial charge in [0.15, 0.2) is 0 Å². The molecule has 3 N–H and O–H groups in total. The number of hydrogen-bond donors (Lipinski definition) is 3. The molecule has 1 aliphatic heterocycles. The maximum absolute atomic E-state index is 12.7. The SMILES string of the molecule is CN(C(=O)c1nc(NC(=O)OCC2c3ccccc3-c3ccccc32)n[nH]1)C1COCC1C(=O)O. The maximum atomic E-state index is 12.7. The molecule has 3 aromatic rings. The van der Waals surface area contributed by atoms with Gasteiger partial charge in [-0.05, 0) is 22.3 Å². The Hall–Kier alpha value is -4.25. The number of aliphatic carboxylic acids is 1. The highest BCUT2D eigenvalue weighted by Crippen LogP contribution is 2.44. The van der Waals surface area contributed by atoms with Crippen LogP contribution in [-0.2, 0) is 14.3 Å². The van der Waals surface area contributed by atoms with Crippen LogP contribution in [0.15, 0.2) is 48.5 Å². The predicted molar refractivity (Wildman–Crippen MR) is 123 cm³/mol. The molecule has 2 atom stereocenters. The van der Waals surface area contributed by atoms with Crippen LogP contribution in [0.25, 0.3) is 11.1 Å². The number of benzene rings is 2. The van der Waals surface area contributed by atoms with Crippen LogP contribution in [0.2, 0.25) is 0 Å². The number of carboxylic acids is 1. The minimum Gasteiger partial charge on any atom is -0.481 e. The average Bonchev–Trinajstić information content (AvgIpc) is 3.60. The number of H-pyrrole nitrogens is 1. The number of carbonyl (C=O) groups is 3. The van der Waals surface area contributed by atoms with Crippen LogP contribution < -0.4 is 5.32 Å². The Labute approximate surface area is 200 Å². The fourth-order valence-electron chi connectivity index (χ4n) is 4.62. The van der Waals surface area contributed by atoms with E-state index in [-0.39, 0.29) is 37.5 Å². The van der Waals surface area contributed by atoms with Crippen molar-refractivity contribution in [3.05, 3.63) is 65.5 Å². The lowest BCUT2D eigenvalue weighted by Gasteiger charge is -2.25. The third kappa shape index (κ3) is 4.21. The molecule has 11 heteroatoms. The number of aromatic amines is 1. The number of nitrogens with zero attached hydrogens (tertiary/aromatic N) is 3. The largest absolute Gasteiger partial charge is 0.481 e. The van der Waals surface area contributed by atoms with Crippen LogP contribution in [0.3, 0.4) is 0 Å². The monoisotopic (exact) mass is 477 g/mol. The zero-order valence-corrected chi connectivity index (χ0v) is 18.8. The fraction of sp³-hybridized carbons (Fsp3) is 0.292. The lowest BCUT2D eigenvalue weighted by atomic mass is 9.98. The highest BCUT2D eigenvalue weighted by atomic mass is 16.5. The van der Waals surface area contributed by atoms with Crippen LogP contribution >= 0.6 is 0 Å². The molecule has 0 radical (unpaired) electrons. The van der Waals surface area contributed by atoms with Gasteiger partial charge in [0.1, 0.15) is 12.5 Å². The summed E-state index contributed by atoms with van der Waals surface area (Å²) in [7, 11) is 1.47. The van der Waals surface area contributed by atoms with Gasteiger partial charge in [-0.25, -0.2) is 4.79 Å². The summed E-state index contributed by atoms with van der Waals surface area (Å²) in [5, 5.41) is 18.1. The molecule has 2 heterocycles. The van der Waals surface area contributed by atoms with Crippen molar-refractivity contribution in [2.45, 2.75) is 12.0 Å². The standard InChI is InChI=1S/C24H23N5O6/c1-29(19-12-34-10-18(19)22(31)32)21(30)20-25-23(28-27-20)26-24(33)35-11-17-15-8-4-2-6-13(15)14-7-3-5-9-16(14)17/h2-9,17-19H,10-12H2,1H3,(H,31,32)(H2,25,26,27,28,33). The summed E-state index contributed by atoms with van der Waals surface area (Å²) in [6.45, 7) is 0.262. The van der Waals surface area contributed by atoms with Gasteiger partial charge in [0.2, 0.25) is 5.82 Å². The molecule has 180 valence electrons. The first-order valence-corrected chi connectivity index (χ1v) is 11.1. The zero-order chi connectivity index (χ0) is 24.5. The molecule has 1 saturated heterocycles. The number of carbonyl (C=O) groups excluding carboxylic acids is 2. The van der Waals surface area contributed by atoms with Gasteiger partial charge in [0.05, 0.1) is 19.3 Å². The molecule has 2 aliphatic rings. The lowest BCUT2D eigenvalue weighted by molar-refractivity contribution is -0.142. The van der Waals surface area contributed by atoms with E-state index in [0.717, 1.165) is 22.3 Å². The molecule has 1 aliphatic carbocycles. The number of rotatable bonds is 6. The topological polar surface area (TPSA) is 147 Å². The van der Waals surface area contributed by atoms with Crippen LogP contribution in [0.5, 0.6) is 0 Å². The van der Waals surface area contributed by atoms with Crippen molar-refractivity contribution in [1.82, 2.24) is 20.1 Å². The highest BCUT2D eigenvalue weighted by molar-refractivity contribution is 5.92. The first-order valence-electron chi connectivity index (χ1n) is 11.1. The van der Waals surface area contributed by atoms with E-state index in [1.165, 1.54) is 11.9 Å². The smallest absolute Gasteiger partial charge is 0.414 e. The maximum Gasteiger partial charge on any atom is 0.414 e. The quantitative estimate of drug-likeness (QED) is 0.490. The van der Waals surface area contributed by atoms with Gasteiger partial charge in [-0.15, -0.1) is 5.10 Å². The molecule has 1 fully saturated rings. The summed E-state index contributed by atoms with van der Waals surface area (Å²) in [6.07, 6.45) is -0.756. The van der Waals surface area contributed by atoms with Gasteiger partial charge in [-0.1, -0.05) is 48.5 Å². The summed E-state index contributed by atoms with van der Waals surface area (Å²) in [4.78, 5) is 41.8. The van der Waals surface area contributed by atoms with E-state index < -0.39 is 29.9 Å². The van der Waals surface area contributed by atoms with E-state index in [9.17, 15) is 19.5 Å². The molecule has 1 aromatic heterocycles. The Morgan fingerprint density at radius 2 is 1.77 bits per heavy atom. The first kappa shape index (κ1) is 22.5.